The molecule has 1 heterocycles. The molecule has 0 saturated heterocycles. The van der Waals surface area contributed by atoms with Crippen molar-refractivity contribution in [2.75, 3.05) is 25.5 Å². The molecule has 1 aromatic heterocycles. The lowest BCUT2D eigenvalue weighted by Gasteiger charge is -2.14. The molecule has 1 N–H and O–H groups in total. The van der Waals surface area contributed by atoms with Crippen molar-refractivity contribution >= 4 is 34.1 Å². The Balaban J connectivity index is 0.000000244. The predicted octanol–water partition coefficient (Wildman–Crippen LogP) is 3.11. The van der Waals surface area contributed by atoms with E-state index in [1.165, 1.54) is 0 Å². The molecule has 0 aliphatic heterocycles. The number of hydrogen-bond acceptors (Lipinski definition) is 5. The largest absolute Gasteiger partial charge is 0.298 e. The number of carbonyl (C=O) groups is 2. The third kappa shape index (κ3) is 7.88. The van der Waals surface area contributed by atoms with Crippen LogP contribution in [0.1, 0.15) is 16.8 Å². The van der Waals surface area contributed by atoms with Crippen molar-refractivity contribution in [2.24, 2.45) is 5.92 Å². The number of aldehydes is 1. The monoisotopic (exact) mass is 440 g/mol. The van der Waals surface area contributed by atoms with Gasteiger partial charge in [0.1, 0.15) is 12.5 Å². The standard InChI is InChI=1S/C11H14F2N4O.C7H5BrO/c1-17(5-7-2-9(7)13)6-10(18)16-11-14-3-8(12)4-15-11;8-7-3-1-6(5-9)2-4-7/h3-4,7,9H,2,5-6H2,1H3,(H,14,15,16,18);1-5H/t7?,9-;/m0./s1. The molecule has 2 atom stereocenters. The Kier molecular flexibility index (Phi) is 7.93. The summed E-state index contributed by atoms with van der Waals surface area (Å²) in [6.45, 7) is 0.683. The lowest BCUT2D eigenvalue weighted by Crippen LogP contribution is -2.32. The van der Waals surface area contributed by atoms with E-state index < -0.39 is 12.0 Å². The molecule has 1 aromatic carbocycles. The summed E-state index contributed by atoms with van der Waals surface area (Å²) in [6.07, 6.45) is 2.63. The van der Waals surface area contributed by atoms with Gasteiger partial charge in [0.15, 0.2) is 5.82 Å². The first kappa shape index (κ1) is 21.0. The summed E-state index contributed by atoms with van der Waals surface area (Å²) >= 11 is 3.26. The number of alkyl halides is 1. The third-order valence-electron chi connectivity index (χ3n) is 3.67. The van der Waals surface area contributed by atoms with E-state index in [2.05, 4.69) is 31.2 Å². The van der Waals surface area contributed by atoms with Crippen LogP contribution in [0, 0.1) is 11.7 Å². The number of anilines is 1. The normalized spacial score (nSPS) is 17.7. The van der Waals surface area contributed by atoms with Gasteiger partial charge in [0.25, 0.3) is 0 Å². The van der Waals surface area contributed by atoms with Crippen LogP contribution >= 0.6 is 15.9 Å². The Bertz CT molecular complexity index is 759. The first-order valence-electron chi connectivity index (χ1n) is 8.18. The second-order valence-electron chi connectivity index (χ2n) is 6.15. The summed E-state index contributed by atoms with van der Waals surface area (Å²) in [5, 5.41) is 2.44. The molecule has 3 rings (SSSR count). The van der Waals surface area contributed by atoms with Gasteiger partial charge in [0, 0.05) is 22.5 Å². The second-order valence-corrected chi connectivity index (χ2v) is 7.07. The van der Waals surface area contributed by atoms with E-state index in [0.29, 0.717) is 18.5 Å². The summed E-state index contributed by atoms with van der Waals surface area (Å²) in [6, 6.07) is 7.20. The molecular formula is C18H19BrF2N4O2. The van der Waals surface area contributed by atoms with Crippen LogP contribution in [0.5, 0.6) is 0 Å². The quantitative estimate of drug-likeness (QED) is 0.698. The van der Waals surface area contributed by atoms with Crippen LogP contribution in [-0.4, -0.2) is 53.4 Å². The highest BCUT2D eigenvalue weighted by Crippen LogP contribution is 2.33. The van der Waals surface area contributed by atoms with Gasteiger partial charge in [-0.1, -0.05) is 28.1 Å². The SMILES string of the molecule is CN(CC(=O)Nc1ncc(F)cn1)CC1C[C@@H]1F.O=Cc1ccc(Br)cc1. The van der Waals surface area contributed by atoms with Crippen molar-refractivity contribution < 1.29 is 18.4 Å². The van der Waals surface area contributed by atoms with Crippen LogP contribution < -0.4 is 5.32 Å². The van der Waals surface area contributed by atoms with Gasteiger partial charge in [-0.05, 0) is 25.6 Å². The van der Waals surface area contributed by atoms with Crippen molar-refractivity contribution in [1.82, 2.24) is 14.9 Å². The summed E-state index contributed by atoms with van der Waals surface area (Å²) in [7, 11) is 1.75. The molecule has 1 amide bonds. The van der Waals surface area contributed by atoms with Crippen LogP contribution in [0.2, 0.25) is 0 Å². The number of amides is 1. The summed E-state index contributed by atoms with van der Waals surface area (Å²) in [5.74, 6) is -0.762. The second kappa shape index (κ2) is 10.2. The minimum atomic E-state index is -0.726. The van der Waals surface area contributed by atoms with Gasteiger partial charge in [-0.15, -0.1) is 0 Å². The van der Waals surface area contributed by atoms with Gasteiger partial charge in [0.05, 0.1) is 18.9 Å². The first-order valence-corrected chi connectivity index (χ1v) is 8.97. The van der Waals surface area contributed by atoms with Crippen molar-refractivity contribution in [2.45, 2.75) is 12.6 Å². The molecule has 0 radical (unpaired) electrons. The molecule has 144 valence electrons. The van der Waals surface area contributed by atoms with Gasteiger partial charge < -0.3 is 0 Å². The van der Waals surface area contributed by atoms with Gasteiger partial charge in [-0.3, -0.25) is 19.8 Å². The van der Waals surface area contributed by atoms with Crippen LogP contribution in [0.3, 0.4) is 0 Å². The Morgan fingerprint density at radius 1 is 1.33 bits per heavy atom. The number of carbonyl (C=O) groups excluding carboxylic acids is 2. The predicted molar refractivity (Wildman–Crippen MR) is 101 cm³/mol. The molecule has 6 nitrogen and oxygen atoms in total. The number of halogens is 3. The highest BCUT2D eigenvalue weighted by atomic mass is 79.9. The first-order chi connectivity index (χ1) is 12.9. The maximum Gasteiger partial charge on any atom is 0.240 e. The Morgan fingerprint density at radius 3 is 2.44 bits per heavy atom. The van der Waals surface area contributed by atoms with Crippen LogP contribution in [0.15, 0.2) is 41.1 Å². The van der Waals surface area contributed by atoms with E-state index in [1.807, 2.05) is 12.1 Å². The van der Waals surface area contributed by atoms with Crippen molar-refractivity contribution in [3.05, 3.63) is 52.5 Å². The van der Waals surface area contributed by atoms with E-state index in [-0.39, 0.29) is 24.3 Å². The number of hydrogen-bond donors (Lipinski definition) is 1. The Morgan fingerprint density at radius 2 is 1.93 bits per heavy atom. The number of aromatic nitrogens is 2. The van der Waals surface area contributed by atoms with Crippen molar-refractivity contribution in [1.29, 1.82) is 0 Å². The zero-order valence-electron chi connectivity index (χ0n) is 14.6. The smallest absolute Gasteiger partial charge is 0.240 e. The zero-order valence-corrected chi connectivity index (χ0v) is 16.2. The third-order valence-corrected chi connectivity index (χ3v) is 4.20. The maximum atomic E-state index is 12.7. The number of benzene rings is 1. The molecule has 1 unspecified atom stereocenters. The van der Waals surface area contributed by atoms with Crippen LogP contribution in [0.4, 0.5) is 14.7 Å². The molecule has 27 heavy (non-hydrogen) atoms. The molecule has 1 fully saturated rings. The molecular weight excluding hydrogens is 422 g/mol. The van der Waals surface area contributed by atoms with E-state index in [0.717, 1.165) is 23.2 Å². The lowest BCUT2D eigenvalue weighted by molar-refractivity contribution is -0.117. The lowest BCUT2D eigenvalue weighted by atomic mass is 10.2. The average molecular weight is 441 g/mol. The van der Waals surface area contributed by atoms with Crippen molar-refractivity contribution in [3.63, 3.8) is 0 Å². The number of likely N-dealkylation sites (N-methyl/N-ethyl adjacent to an activating group) is 1. The molecule has 0 spiro atoms. The van der Waals surface area contributed by atoms with E-state index in [4.69, 9.17) is 0 Å². The maximum absolute atomic E-state index is 12.7. The highest BCUT2D eigenvalue weighted by molar-refractivity contribution is 9.10. The van der Waals surface area contributed by atoms with E-state index in [1.54, 1.807) is 24.1 Å². The zero-order chi connectivity index (χ0) is 19.8. The molecule has 1 aliphatic rings. The van der Waals surface area contributed by atoms with E-state index >= 15 is 0 Å². The Labute approximate surface area is 164 Å². The van der Waals surface area contributed by atoms with Crippen LogP contribution in [-0.2, 0) is 4.79 Å². The Hall–Kier alpha value is -2.26. The number of nitrogens with zero attached hydrogens (tertiary/aromatic N) is 3. The average Bonchev–Trinajstić information content (AvgIpc) is 3.32. The number of nitrogens with one attached hydrogen (secondary N) is 1. The van der Waals surface area contributed by atoms with Gasteiger partial charge in [0.2, 0.25) is 11.9 Å². The fourth-order valence-electron chi connectivity index (χ4n) is 2.19. The van der Waals surface area contributed by atoms with E-state index in [9.17, 15) is 18.4 Å². The molecule has 1 aliphatic carbocycles. The van der Waals surface area contributed by atoms with Crippen molar-refractivity contribution in [3.8, 4) is 0 Å². The summed E-state index contributed by atoms with van der Waals surface area (Å²) < 4.78 is 26.2. The number of rotatable bonds is 6. The van der Waals surface area contributed by atoms with Gasteiger partial charge in [-0.25, -0.2) is 18.7 Å². The highest BCUT2D eigenvalue weighted by Gasteiger charge is 2.37. The van der Waals surface area contributed by atoms with Gasteiger partial charge in [-0.2, -0.15) is 0 Å². The summed E-state index contributed by atoms with van der Waals surface area (Å²) in [4.78, 5) is 30.6. The minimum absolute atomic E-state index is 0.0462. The molecule has 2 aromatic rings. The fourth-order valence-corrected chi connectivity index (χ4v) is 2.46. The topological polar surface area (TPSA) is 75.2 Å². The minimum Gasteiger partial charge on any atom is -0.298 e. The van der Waals surface area contributed by atoms with Crippen LogP contribution in [0.25, 0.3) is 0 Å². The summed E-state index contributed by atoms with van der Waals surface area (Å²) in [5.41, 5.74) is 0.707. The molecule has 9 heteroatoms. The fraction of sp³-hybridized carbons (Fsp3) is 0.333. The molecule has 0 bridgehead atoms. The van der Waals surface area contributed by atoms with Gasteiger partial charge >= 0.3 is 0 Å². The molecule has 1 saturated carbocycles.